The fourth-order valence-electron chi connectivity index (χ4n) is 3.63. The van der Waals surface area contributed by atoms with Crippen LogP contribution in [-0.2, 0) is 17.6 Å². The first-order valence-corrected chi connectivity index (χ1v) is 11.6. The van der Waals surface area contributed by atoms with Gasteiger partial charge in [0.1, 0.15) is 15.6 Å². The molecule has 1 aromatic carbocycles. The quantitative estimate of drug-likeness (QED) is 0.562. The predicted octanol–water partition coefficient (Wildman–Crippen LogP) is 5.24. The van der Waals surface area contributed by atoms with E-state index in [0.29, 0.717) is 0 Å². The minimum absolute atomic E-state index is 0.00121. The molecule has 164 valence electrons. The Kier molecular flexibility index (Phi) is 7.34. The highest BCUT2D eigenvalue weighted by atomic mass is 32.1. The van der Waals surface area contributed by atoms with E-state index < -0.39 is 5.60 Å². The van der Waals surface area contributed by atoms with Crippen LogP contribution in [0.3, 0.4) is 0 Å². The molecule has 3 rings (SSSR count). The van der Waals surface area contributed by atoms with Crippen molar-refractivity contribution < 1.29 is 9.53 Å². The summed E-state index contributed by atoms with van der Waals surface area (Å²) < 4.78 is 5.56. The normalized spacial score (nSPS) is 16.7. The van der Waals surface area contributed by atoms with Gasteiger partial charge in [0.15, 0.2) is 0 Å². The van der Waals surface area contributed by atoms with Gasteiger partial charge in [-0.3, -0.25) is 4.90 Å². The van der Waals surface area contributed by atoms with E-state index in [1.807, 2.05) is 25.7 Å². The Morgan fingerprint density at radius 2 is 1.87 bits per heavy atom. The smallest absolute Gasteiger partial charge is 0.410 e. The van der Waals surface area contributed by atoms with Crippen LogP contribution in [0.1, 0.15) is 68.1 Å². The summed E-state index contributed by atoms with van der Waals surface area (Å²) in [6.07, 6.45) is 5.89. The number of amides is 1. The average molecular weight is 431 g/mol. The van der Waals surface area contributed by atoms with Gasteiger partial charge in [-0.2, -0.15) is 0 Å². The molecule has 1 saturated heterocycles. The van der Waals surface area contributed by atoms with Crippen LogP contribution >= 0.6 is 11.3 Å². The Morgan fingerprint density at radius 1 is 1.17 bits per heavy atom. The summed E-state index contributed by atoms with van der Waals surface area (Å²) in [5.41, 5.74) is 2.12. The van der Waals surface area contributed by atoms with Crippen molar-refractivity contribution in [2.75, 3.05) is 25.5 Å². The Hall–Kier alpha value is -2.15. The lowest BCUT2D eigenvalue weighted by molar-refractivity contribution is 0.0224. The van der Waals surface area contributed by atoms with Crippen molar-refractivity contribution in [3.8, 4) is 0 Å². The number of ether oxygens (including phenoxy) is 1. The molecule has 1 aromatic heterocycles. The van der Waals surface area contributed by atoms with Crippen molar-refractivity contribution in [2.45, 2.75) is 70.9 Å². The van der Waals surface area contributed by atoms with E-state index >= 15 is 0 Å². The molecule has 0 spiro atoms. The molecule has 30 heavy (non-hydrogen) atoms. The summed E-state index contributed by atoms with van der Waals surface area (Å²) in [6.45, 7) is 6.42. The van der Waals surface area contributed by atoms with Crippen molar-refractivity contribution >= 4 is 23.1 Å². The highest BCUT2D eigenvalue weighted by Crippen LogP contribution is 2.35. The Morgan fingerprint density at radius 3 is 2.53 bits per heavy atom. The fourth-order valence-corrected chi connectivity index (χ4v) is 4.66. The second-order valence-corrected chi connectivity index (χ2v) is 10.2. The highest BCUT2D eigenvalue weighted by molar-refractivity contribution is 7.11. The summed E-state index contributed by atoms with van der Waals surface area (Å²) in [7, 11) is 4.12. The van der Waals surface area contributed by atoms with Gasteiger partial charge < -0.3 is 9.64 Å². The molecule has 6 nitrogen and oxygen atoms in total. The zero-order valence-electron chi connectivity index (χ0n) is 18.9. The van der Waals surface area contributed by atoms with Gasteiger partial charge in [0.2, 0.25) is 0 Å². The SMILES string of the molecule is CN(C)c1ccc(CCCCc2nnc(C3CCCN3C(=O)OC(C)(C)C)s2)cc1. The number of likely N-dealkylation sites (tertiary alicyclic amines) is 1. The van der Waals surface area contributed by atoms with E-state index in [4.69, 9.17) is 4.74 Å². The molecule has 1 fully saturated rings. The number of rotatable bonds is 7. The summed E-state index contributed by atoms with van der Waals surface area (Å²) >= 11 is 1.64. The van der Waals surface area contributed by atoms with Crippen LogP contribution in [0.4, 0.5) is 10.5 Å². The second-order valence-electron chi connectivity index (χ2n) is 9.13. The number of benzene rings is 1. The number of nitrogens with zero attached hydrogens (tertiary/aromatic N) is 4. The molecule has 1 aliphatic rings. The minimum Gasteiger partial charge on any atom is -0.444 e. The van der Waals surface area contributed by atoms with Crippen LogP contribution in [0.15, 0.2) is 24.3 Å². The molecule has 0 N–H and O–H groups in total. The van der Waals surface area contributed by atoms with E-state index in [1.165, 1.54) is 11.3 Å². The van der Waals surface area contributed by atoms with Crippen LogP contribution in [0.5, 0.6) is 0 Å². The first-order chi connectivity index (χ1) is 14.2. The highest BCUT2D eigenvalue weighted by Gasteiger charge is 2.35. The topological polar surface area (TPSA) is 58.6 Å². The number of carbonyl (C=O) groups is 1. The molecule has 0 aliphatic carbocycles. The number of hydrogen-bond acceptors (Lipinski definition) is 6. The maximum atomic E-state index is 12.5. The van der Waals surface area contributed by atoms with Gasteiger partial charge in [-0.1, -0.05) is 23.5 Å². The number of anilines is 1. The van der Waals surface area contributed by atoms with Gasteiger partial charge in [0.25, 0.3) is 0 Å². The fraction of sp³-hybridized carbons (Fsp3) is 0.609. The lowest BCUT2D eigenvalue weighted by Gasteiger charge is -2.27. The van der Waals surface area contributed by atoms with Crippen LogP contribution in [-0.4, -0.2) is 47.4 Å². The van der Waals surface area contributed by atoms with E-state index in [0.717, 1.165) is 55.1 Å². The Balaban J connectivity index is 1.48. The summed E-state index contributed by atoms with van der Waals surface area (Å²) in [5.74, 6) is 0. The maximum Gasteiger partial charge on any atom is 0.410 e. The zero-order chi connectivity index (χ0) is 21.7. The summed E-state index contributed by atoms with van der Waals surface area (Å²) in [6, 6.07) is 8.77. The molecule has 0 radical (unpaired) electrons. The molecule has 0 bridgehead atoms. The number of aryl methyl sites for hydroxylation is 2. The van der Waals surface area contributed by atoms with E-state index in [2.05, 4.69) is 53.5 Å². The molecular formula is C23H34N4O2S. The monoisotopic (exact) mass is 430 g/mol. The molecule has 1 unspecified atom stereocenters. The molecular weight excluding hydrogens is 396 g/mol. The molecule has 1 amide bonds. The third-order valence-corrected chi connectivity index (χ3v) is 6.29. The lowest BCUT2D eigenvalue weighted by atomic mass is 10.1. The molecule has 0 saturated carbocycles. The van der Waals surface area contributed by atoms with Crippen molar-refractivity contribution in [1.29, 1.82) is 0 Å². The van der Waals surface area contributed by atoms with Crippen molar-refractivity contribution in [1.82, 2.24) is 15.1 Å². The molecule has 7 heteroatoms. The Labute approximate surface area is 184 Å². The zero-order valence-corrected chi connectivity index (χ0v) is 19.7. The van der Waals surface area contributed by atoms with E-state index in [1.54, 1.807) is 11.3 Å². The number of unbranched alkanes of at least 4 members (excludes halogenated alkanes) is 1. The minimum atomic E-state index is -0.483. The van der Waals surface area contributed by atoms with Gasteiger partial charge in [-0.15, -0.1) is 10.2 Å². The number of carbonyl (C=O) groups excluding carboxylic acids is 1. The van der Waals surface area contributed by atoms with Gasteiger partial charge in [0, 0.05) is 32.7 Å². The van der Waals surface area contributed by atoms with Gasteiger partial charge >= 0.3 is 6.09 Å². The van der Waals surface area contributed by atoms with Gasteiger partial charge in [-0.25, -0.2) is 4.79 Å². The molecule has 2 heterocycles. The molecule has 2 aromatic rings. The number of hydrogen-bond donors (Lipinski definition) is 0. The first kappa shape index (κ1) is 22.5. The van der Waals surface area contributed by atoms with E-state index in [9.17, 15) is 4.79 Å². The molecule has 1 atom stereocenters. The first-order valence-electron chi connectivity index (χ1n) is 10.8. The summed E-state index contributed by atoms with van der Waals surface area (Å²) in [4.78, 5) is 16.4. The van der Waals surface area contributed by atoms with E-state index in [-0.39, 0.29) is 12.1 Å². The largest absolute Gasteiger partial charge is 0.444 e. The maximum absolute atomic E-state index is 12.5. The summed E-state index contributed by atoms with van der Waals surface area (Å²) in [5, 5.41) is 10.8. The number of aromatic nitrogens is 2. The standard InChI is InChI=1S/C23H34N4O2S/c1-23(2,3)29-22(28)27-16-8-10-19(27)21-25-24-20(30-21)11-7-6-9-17-12-14-18(15-13-17)26(4)5/h12-15,19H,6-11,16H2,1-5H3. The second kappa shape index (κ2) is 9.77. The average Bonchev–Trinajstić information content (AvgIpc) is 3.33. The molecule has 1 aliphatic heterocycles. The van der Waals surface area contributed by atoms with Crippen LogP contribution in [0, 0.1) is 0 Å². The lowest BCUT2D eigenvalue weighted by Crippen LogP contribution is -2.36. The van der Waals surface area contributed by atoms with Crippen molar-refractivity contribution in [2.24, 2.45) is 0 Å². The van der Waals surface area contributed by atoms with Crippen molar-refractivity contribution in [3.05, 3.63) is 39.8 Å². The van der Waals surface area contributed by atoms with Gasteiger partial charge in [0.05, 0.1) is 6.04 Å². The third kappa shape index (κ3) is 6.17. The van der Waals surface area contributed by atoms with Gasteiger partial charge in [-0.05, 0) is 70.6 Å². The van der Waals surface area contributed by atoms with Crippen LogP contribution < -0.4 is 4.90 Å². The Bertz CT molecular complexity index is 826. The van der Waals surface area contributed by atoms with Crippen molar-refractivity contribution in [3.63, 3.8) is 0 Å². The predicted molar refractivity (Wildman–Crippen MR) is 122 cm³/mol. The van der Waals surface area contributed by atoms with Crippen LogP contribution in [0.2, 0.25) is 0 Å². The third-order valence-electron chi connectivity index (χ3n) is 5.21. The van der Waals surface area contributed by atoms with Crippen LogP contribution in [0.25, 0.3) is 0 Å².